The highest BCUT2D eigenvalue weighted by atomic mass is 32.1. The van der Waals surface area contributed by atoms with Gasteiger partial charge in [0, 0.05) is 30.7 Å². The molecule has 0 aliphatic carbocycles. The first-order valence-electron chi connectivity index (χ1n) is 9.42. The molecule has 0 saturated carbocycles. The van der Waals surface area contributed by atoms with E-state index in [9.17, 15) is 4.79 Å². The highest BCUT2D eigenvalue weighted by molar-refractivity contribution is 7.18. The fourth-order valence-electron chi connectivity index (χ4n) is 3.90. The maximum Gasteiger partial charge on any atom is 0.291 e. The number of aromatic amines is 2. The van der Waals surface area contributed by atoms with Gasteiger partial charge >= 0.3 is 0 Å². The highest BCUT2D eigenvalue weighted by Gasteiger charge is 2.19. The number of benzene rings is 1. The first kappa shape index (κ1) is 17.1. The van der Waals surface area contributed by atoms with Crippen LogP contribution in [0.1, 0.15) is 16.3 Å². The Kier molecular flexibility index (Phi) is 3.62. The first-order valence-corrected chi connectivity index (χ1v) is 10.2. The van der Waals surface area contributed by atoms with E-state index in [2.05, 4.69) is 25.5 Å². The number of hydrogen-bond donors (Lipinski definition) is 2. The number of rotatable bonds is 4. The maximum atomic E-state index is 13.3. The molecule has 0 unspecified atom stereocenters. The van der Waals surface area contributed by atoms with E-state index in [1.165, 1.54) is 4.68 Å². The largest absolute Gasteiger partial charge is 0.329 e. The van der Waals surface area contributed by atoms with Gasteiger partial charge in [-0.1, -0.05) is 12.1 Å². The molecule has 6 rings (SSSR count). The molecule has 0 fully saturated rings. The molecule has 0 amide bonds. The van der Waals surface area contributed by atoms with Crippen LogP contribution >= 0.6 is 11.3 Å². The van der Waals surface area contributed by atoms with E-state index in [1.54, 1.807) is 29.9 Å². The van der Waals surface area contributed by atoms with Gasteiger partial charge in [-0.05, 0) is 17.7 Å². The lowest BCUT2D eigenvalue weighted by molar-refractivity contribution is 0.647. The molecule has 2 N–H and O–H groups in total. The van der Waals surface area contributed by atoms with Crippen LogP contribution in [0.15, 0.2) is 47.7 Å². The van der Waals surface area contributed by atoms with Gasteiger partial charge in [-0.15, -0.1) is 11.3 Å². The molecule has 30 heavy (non-hydrogen) atoms. The molecule has 0 bridgehead atoms. The van der Waals surface area contributed by atoms with E-state index < -0.39 is 0 Å². The summed E-state index contributed by atoms with van der Waals surface area (Å²) in [5.41, 5.74) is 4.25. The van der Waals surface area contributed by atoms with Crippen LogP contribution in [0.25, 0.3) is 32.2 Å². The predicted molar refractivity (Wildman–Crippen MR) is 115 cm³/mol. The van der Waals surface area contributed by atoms with Crippen LogP contribution in [-0.4, -0.2) is 39.7 Å². The lowest BCUT2D eigenvalue weighted by Gasteiger charge is -2.07. The number of fused-ring (bicyclic) bond motifs is 4. The number of aryl methyl sites for hydroxylation is 1. The van der Waals surface area contributed by atoms with Crippen LogP contribution in [-0.2, 0) is 20.0 Å². The third-order valence-corrected chi connectivity index (χ3v) is 6.49. The van der Waals surface area contributed by atoms with E-state index in [-0.39, 0.29) is 5.56 Å². The third-order valence-electron chi connectivity index (χ3n) is 5.36. The number of H-pyrrole nitrogens is 2. The van der Waals surface area contributed by atoms with Crippen LogP contribution in [0.3, 0.4) is 0 Å². The topological polar surface area (TPSA) is 110 Å². The maximum absolute atomic E-state index is 13.3. The second kappa shape index (κ2) is 6.36. The molecule has 10 heteroatoms. The zero-order chi connectivity index (χ0) is 20.2. The van der Waals surface area contributed by atoms with Gasteiger partial charge in [0.1, 0.15) is 20.9 Å². The van der Waals surface area contributed by atoms with Crippen LogP contribution in [0.5, 0.6) is 0 Å². The number of aromatic nitrogens is 8. The van der Waals surface area contributed by atoms with Crippen molar-refractivity contribution >= 4 is 43.5 Å². The van der Waals surface area contributed by atoms with Crippen LogP contribution in [0.4, 0.5) is 0 Å². The number of nitrogens with one attached hydrogen (secondary N) is 2. The van der Waals surface area contributed by atoms with Gasteiger partial charge in [-0.25, -0.2) is 9.67 Å². The molecule has 148 valence electrons. The molecule has 0 aliphatic rings. The molecular weight excluding hydrogens is 400 g/mol. The quantitative estimate of drug-likeness (QED) is 0.459. The summed E-state index contributed by atoms with van der Waals surface area (Å²) in [6.07, 6.45) is 5.93. The lowest BCUT2D eigenvalue weighted by atomic mass is 10.1. The second-order valence-electron chi connectivity index (χ2n) is 7.20. The van der Waals surface area contributed by atoms with Crippen molar-refractivity contribution in [3.8, 4) is 0 Å². The van der Waals surface area contributed by atoms with Crippen molar-refractivity contribution in [2.24, 2.45) is 7.05 Å². The highest BCUT2D eigenvalue weighted by Crippen LogP contribution is 2.30. The molecule has 0 saturated heterocycles. The number of hydrogen-bond acceptors (Lipinski definition) is 6. The Morgan fingerprint density at radius 2 is 2.03 bits per heavy atom. The SMILES string of the molecule is Cn1c2sc(Cc3ccn[nH]3)nc2c2cnn(Cc3cccc4[nH]ncc34)c(=O)c21. The van der Waals surface area contributed by atoms with Gasteiger partial charge in [-0.2, -0.15) is 15.3 Å². The van der Waals surface area contributed by atoms with Crippen molar-refractivity contribution in [1.29, 1.82) is 0 Å². The van der Waals surface area contributed by atoms with Crippen LogP contribution in [0.2, 0.25) is 0 Å². The normalized spacial score (nSPS) is 11.9. The predicted octanol–water partition coefficient (Wildman–Crippen LogP) is 2.58. The average molecular weight is 416 g/mol. The van der Waals surface area contributed by atoms with Crippen molar-refractivity contribution in [2.75, 3.05) is 0 Å². The molecule has 9 nitrogen and oxygen atoms in total. The standard InChI is InChI=1S/C20H16N8OS/c1-27-18-14(17-20(27)30-16(24-17)7-12-5-6-21-25-12)9-23-28(19(18)29)10-11-3-2-4-15-13(11)8-22-26-15/h2-6,8-9H,7,10H2,1H3,(H,21,25)(H,22,26). The lowest BCUT2D eigenvalue weighted by Crippen LogP contribution is -2.24. The Morgan fingerprint density at radius 1 is 1.10 bits per heavy atom. The van der Waals surface area contributed by atoms with Crippen molar-refractivity contribution in [2.45, 2.75) is 13.0 Å². The fraction of sp³-hybridized carbons (Fsp3) is 0.150. The van der Waals surface area contributed by atoms with E-state index in [0.717, 1.165) is 42.9 Å². The van der Waals surface area contributed by atoms with Crippen LogP contribution in [0, 0.1) is 0 Å². The van der Waals surface area contributed by atoms with Crippen LogP contribution < -0.4 is 5.56 Å². The Labute approximate surface area is 173 Å². The molecule has 0 atom stereocenters. The van der Waals surface area contributed by atoms with Crippen molar-refractivity contribution in [1.82, 2.24) is 39.7 Å². The third kappa shape index (κ3) is 2.50. The monoisotopic (exact) mass is 416 g/mol. The summed E-state index contributed by atoms with van der Waals surface area (Å²) in [7, 11) is 1.91. The smallest absolute Gasteiger partial charge is 0.291 e. The Balaban J connectivity index is 1.45. The minimum absolute atomic E-state index is 0.129. The Hall–Kier alpha value is -3.79. The zero-order valence-corrected chi connectivity index (χ0v) is 16.8. The summed E-state index contributed by atoms with van der Waals surface area (Å²) in [5, 5.41) is 21.2. The van der Waals surface area contributed by atoms with Gasteiger partial charge in [0.05, 0.1) is 29.8 Å². The zero-order valence-electron chi connectivity index (χ0n) is 16.0. The van der Waals surface area contributed by atoms with E-state index >= 15 is 0 Å². The molecule has 0 radical (unpaired) electrons. The molecule has 0 spiro atoms. The second-order valence-corrected chi connectivity index (χ2v) is 8.26. The first-order chi connectivity index (χ1) is 14.7. The number of nitrogens with zero attached hydrogens (tertiary/aromatic N) is 6. The minimum Gasteiger partial charge on any atom is -0.329 e. The van der Waals surface area contributed by atoms with Gasteiger partial charge in [0.25, 0.3) is 5.56 Å². The molecule has 5 heterocycles. The van der Waals surface area contributed by atoms with Gasteiger partial charge in [0.2, 0.25) is 0 Å². The average Bonchev–Trinajstić information content (AvgIpc) is 3.52. The summed E-state index contributed by atoms with van der Waals surface area (Å²) in [5.74, 6) is 0. The molecule has 1 aromatic carbocycles. The fourth-order valence-corrected chi connectivity index (χ4v) is 4.97. The van der Waals surface area contributed by atoms with Gasteiger partial charge in [0.15, 0.2) is 0 Å². The molecule has 5 aromatic heterocycles. The van der Waals surface area contributed by atoms with Gasteiger partial charge in [-0.3, -0.25) is 15.0 Å². The minimum atomic E-state index is -0.129. The summed E-state index contributed by atoms with van der Waals surface area (Å²) in [4.78, 5) is 19.0. The Morgan fingerprint density at radius 3 is 2.90 bits per heavy atom. The number of thiazole rings is 1. The van der Waals surface area contributed by atoms with Gasteiger partial charge < -0.3 is 4.57 Å². The molecule has 6 aromatic rings. The van der Waals surface area contributed by atoms with E-state index in [4.69, 9.17) is 4.98 Å². The van der Waals surface area contributed by atoms with Crippen molar-refractivity contribution in [3.05, 3.63) is 69.5 Å². The van der Waals surface area contributed by atoms with Crippen molar-refractivity contribution < 1.29 is 0 Å². The summed E-state index contributed by atoms with van der Waals surface area (Å²) >= 11 is 1.59. The van der Waals surface area contributed by atoms with Crippen molar-refractivity contribution in [3.63, 3.8) is 0 Å². The summed E-state index contributed by atoms with van der Waals surface area (Å²) in [6.45, 7) is 0.378. The summed E-state index contributed by atoms with van der Waals surface area (Å²) < 4.78 is 3.43. The van der Waals surface area contributed by atoms with E-state index in [0.29, 0.717) is 18.5 Å². The van der Waals surface area contributed by atoms with E-state index in [1.807, 2.05) is 35.9 Å². The summed E-state index contributed by atoms with van der Waals surface area (Å²) in [6, 6.07) is 7.83. The Bertz CT molecular complexity index is 1580. The molecule has 0 aliphatic heterocycles. The molecular formula is C20H16N8OS.